The molecule has 0 N–H and O–H groups in total. The Morgan fingerprint density at radius 2 is 2.00 bits per heavy atom. The molecule has 0 amide bonds. The van der Waals surface area contributed by atoms with Crippen LogP contribution in [0.2, 0.25) is 0 Å². The van der Waals surface area contributed by atoms with Crippen molar-refractivity contribution < 1.29 is 0 Å². The molecule has 1 atom stereocenters. The molecule has 1 aliphatic rings. The van der Waals surface area contributed by atoms with Gasteiger partial charge in [-0.15, -0.1) is 0 Å². The van der Waals surface area contributed by atoms with E-state index in [0.717, 1.165) is 0 Å². The van der Waals surface area contributed by atoms with Gasteiger partial charge in [-0.3, -0.25) is 0 Å². The van der Waals surface area contributed by atoms with E-state index in [-0.39, 0.29) is 0 Å². The predicted molar refractivity (Wildman–Crippen MR) is 58.0 cm³/mol. The van der Waals surface area contributed by atoms with Crippen molar-refractivity contribution in [2.75, 3.05) is 0 Å². The zero-order valence-corrected chi connectivity index (χ0v) is 8.59. The van der Waals surface area contributed by atoms with Crippen molar-refractivity contribution in [2.45, 2.75) is 33.1 Å². The van der Waals surface area contributed by atoms with Crippen molar-refractivity contribution in [3.63, 3.8) is 0 Å². The van der Waals surface area contributed by atoms with E-state index in [4.69, 9.17) is 0 Å². The van der Waals surface area contributed by atoms with Gasteiger partial charge in [-0.05, 0) is 48.4 Å². The van der Waals surface area contributed by atoms with Crippen molar-refractivity contribution in [1.29, 1.82) is 0 Å². The Labute approximate surface area is 80.3 Å². The van der Waals surface area contributed by atoms with E-state index >= 15 is 0 Å². The van der Waals surface area contributed by atoms with Gasteiger partial charge in [0.2, 0.25) is 0 Å². The topological polar surface area (TPSA) is 0 Å². The third-order valence-corrected chi connectivity index (χ3v) is 3.10. The molecule has 0 unspecified atom stereocenters. The molecule has 0 heterocycles. The first-order valence-corrected chi connectivity index (χ1v) is 4.97. The molecule has 0 fully saturated rings. The minimum Gasteiger partial charge on any atom is -0.0833 e. The molecule has 0 heteroatoms. The monoisotopic (exact) mass is 172 g/mol. The van der Waals surface area contributed by atoms with Gasteiger partial charge in [0.25, 0.3) is 0 Å². The minimum absolute atomic E-state index is 0.694. The van der Waals surface area contributed by atoms with Crippen LogP contribution < -0.4 is 0 Å². The molecule has 0 saturated carbocycles. The fourth-order valence-electron chi connectivity index (χ4n) is 2.17. The van der Waals surface area contributed by atoms with Gasteiger partial charge < -0.3 is 0 Å². The molecule has 0 radical (unpaired) electrons. The molecule has 2 rings (SSSR count). The second-order valence-electron chi connectivity index (χ2n) is 4.05. The van der Waals surface area contributed by atoms with Crippen LogP contribution in [-0.2, 0) is 0 Å². The summed E-state index contributed by atoms with van der Waals surface area (Å²) < 4.78 is 0. The Kier molecular flexibility index (Phi) is 1.99. The Bertz CT molecular complexity index is 359. The lowest BCUT2D eigenvalue weighted by atomic mass is 9.84. The summed E-state index contributed by atoms with van der Waals surface area (Å²) in [5.41, 5.74) is 5.87. The first-order valence-electron chi connectivity index (χ1n) is 4.97. The summed E-state index contributed by atoms with van der Waals surface area (Å²) in [5.74, 6) is 0.694. The summed E-state index contributed by atoms with van der Waals surface area (Å²) in [6, 6.07) is 4.46. The molecule has 0 aliphatic heterocycles. The number of hydrogen-bond donors (Lipinski definition) is 0. The summed E-state index contributed by atoms with van der Waals surface area (Å²) in [6.45, 7) is 6.75. The number of aryl methyl sites for hydroxylation is 1. The van der Waals surface area contributed by atoms with Crippen LogP contribution in [0.4, 0.5) is 0 Å². The van der Waals surface area contributed by atoms with Crippen LogP contribution in [0, 0.1) is 13.8 Å². The average Bonchev–Trinajstić information content (AvgIpc) is 2.12. The van der Waals surface area contributed by atoms with Crippen LogP contribution in [0.5, 0.6) is 0 Å². The Hall–Kier alpha value is -1.04. The van der Waals surface area contributed by atoms with Gasteiger partial charge >= 0.3 is 0 Å². The van der Waals surface area contributed by atoms with Crippen LogP contribution >= 0.6 is 0 Å². The Morgan fingerprint density at radius 1 is 1.23 bits per heavy atom. The Morgan fingerprint density at radius 3 is 2.77 bits per heavy atom. The van der Waals surface area contributed by atoms with Gasteiger partial charge in [-0.25, -0.2) is 0 Å². The quantitative estimate of drug-likeness (QED) is 0.558. The van der Waals surface area contributed by atoms with E-state index in [1.165, 1.54) is 23.1 Å². The normalized spacial score (nSPS) is 20.1. The third kappa shape index (κ3) is 1.31. The smallest absolute Gasteiger partial charge is 0.0147 e. The van der Waals surface area contributed by atoms with Gasteiger partial charge in [-0.2, -0.15) is 0 Å². The van der Waals surface area contributed by atoms with E-state index < -0.39 is 0 Å². The highest BCUT2D eigenvalue weighted by Gasteiger charge is 2.15. The van der Waals surface area contributed by atoms with Gasteiger partial charge in [0, 0.05) is 0 Å². The third-order valence-electron chi connectivity index (χ3n) is 3.10. The van der Waals surface area contributed by atoms with Gasteiger partial charge in [0.1, 0.15) is 0 Å². The number of benzene rings is 1. The highest BCUT2D eigenvalue weighted by atomic mass is 14.2. The van der Waals surface area contributed by atoms with Crippen LogP contribution in [0.1, 0.15) is 41.5 Å². The fourth-order valence-corrected chi connectivity index (χ4v) is 2.17. The first kappa shape index (κ1) is 8.55. The number of hydrogen-bond acceptors (Lipinski definition) is 0. The molecule has 0 bridgehead atoms. The maximum atomic E-state index is 2.31. The Balaban J connectivity index is 2.66. The molecular weight excluding hydrogens is 156 g/mol. The summed E-state index contributed by atoms with van der Waals surface area (Å²) in [5, 5.41) is 0. The minimum atomic E-state index is 0.694. The molecule has 13 heavy (non-hydrogen) atoms. The van der Waals surface area contributed by atoms with Crippen LogP contribution in [0.15, 0.2) is 18.2 Å². The van der Waals surface area contributed by atoms with E-state index in [1.54, 1.807) is 5.56 Å². The second kappa shape index (κ2) is 3.02. The molecule has 0 spiro atoms. The zero-order chi connectivity index (χ0) is 9.42. The molecule has 0 aromatic heterocycles. The van der Waals surface area contributed by atoms with Crippen LogP contribution in [0.25, 0.3) is 6.08 Å². The summed E-state index contributed by atoms with van der Waals surface area (Å²) >= 11 is 0. The standard InChI is InChI=1S/C13H16/c1-9-7-8-12-6-4-5-10(2)13(12)11(9)3/h4,6-8,10H,5H2,1-3H3/t10-/m0/s1. The van der Waals surface area contributed by atoms with Crippen molar-refractivity contribution in [3.8, 4) is 0 Å². The average molecular weight is 172 g/mol. The number of rotatable bonds is 0. The first-order chi connectivity index (χ1) is 6.20. The molecular formula is C13H16. The molecule has 1 aromatic rings. The lowest BCUT2D eigenvalue weighted by molar-refractivity contribution is 0.763. The van der Waals surface area contributed by atoms with Crippen molar-refractivity contribution in [1.82, 2.24) is 0 Å². The largest absolute Gasteiger partial charge is 0.0833 e. The van der Waals surface area contributed by atoms with Gasteiger partial charge in [-0.1, -0.05) is 31.2 Å². The van der Waals surface area contributed by atoms with E-state index in [1.807, 2.05) is 0 Å². The predicted octanol–water partition coefficient (Wildman–Crippen LogP) is 3.82. The number of allylic oxidation sites excluding steroid dienone is 1. The van der Waals surface area contributed by atoms with E-state index in [9.17, 15) is 0 Å². The summed E-state index contributed by atoms with van der Waals surface area (Å²) in [6.07, 6.45) is 5.72. The molecule has 1 aliphatic carbocycles. The molecule has 1 aromatic carbocycles. The van der Waals surface area contributed by atoms with Crippen molar-refractivity contribution >= 4 is 6.08 Å². The fraction of sp³-hybridized carbons (Fsp3) is 0.385. The number of fused-ring (bicyclic) bond motifs is 1. The van der Waals surface area contributed by atoms with Gasteiger partial charge in [0.15, 0.2) is 0 Å². The highest BCUT2D eigenvalue weighted by molar-refractivity contribution is 5.60. The molecule has 68 valence electrons. The van der Waals surface area contributed by atoms with Crippen LogP contribution in [-0.4, -0.2) is 0 Å². The molecule has 0 saturated heterocycles. The lowest BCUT2D eigenvalue weighted by Gasteiger charge is -2.21. The maximum Gasteiger partial charge on any atom is -0.0147 e. The summed E-state index contributed by atoms with van der Waals surface area (Å²) in [7, 11) is 0. The van der Waals surface area contributed by atoms with Crippen molar-refractivity contribution in [3.05, 3.63) is 40.5 Å². The van der Waals surface area contributed by atoms with Crippen LogP contribution in [0.3, 0.4) is 0 Å². The highest BCUT2D eigenvalue weighted by Crippen LogP contribution is 2.32. The van der Waals surface area contributed by atoms with Crippen molar-refractivity contribution in [2.24, 2.45) is 0 Å². The lowest BCUT2D eigenvalue weighted by Crippen LogP contribution is -2.03. The second-order valence-corrected chi connectivity index (χ2v) is 4.05. The van der Waals surface area contributed by atoms with Gasteiger partial charge in [0.05, 0.1) is 0 Å². The van der Waals surface area contributed by atoms with E-state index in [2.05, 4.69) is 45.1 Å². The summed E-state index contributed by atoms with van der Waals surface area (Å²) in [4.78, 5) is 0. The molecule has 0 nitrogen and oxygen atoms in total. The SMILES string of the molecule is Cc1ccc2c(c1C)[C@@H](C)CC=C2. The maximum absolute atomic E-state index is 2.31. The van der Waals surface area contributed by atoms with E-state index in [0.29, 0.717) is 5.92 Å². The zero-order valence-electron chi connectivity index (χ0n) is 8.59.